The zero-order valence-electron chi connectivity index (χ0n) is 22.9. The highest BCUT2D eigenvalue weighted by Gasteiger charge is 2.27. The zero-order chi connectivity index (χ0) is 26.6. The summed E-state index contributed by atoms with van der Waals surface area (Å²) in [6, 6.07) is 13.2. The van der Waals surface area contributed by atoms with Gasteiger partial charge in [-0.25, -0.2) is 4.39 Å². The molecule has 1 amide bonds. The van der Waals surface area contributed by atoms with E-state index in [0.29, 0.717) is 11.5 Å². The number of likely N-dealkylation sites (tertiary alicyclic amines) is 1. The van der Waals surface area contributed by atoms with E-state index in [-0.39, 0.29) is 17.8 Å². The number of nitrogens with zero attached hydrogens (tertiary/aromatic N) is 3. The molecule has 0 radical (unpaired) electrons. The summed E-state index contributed by atoms with van der Waals surface area (Å²) in [5, 5.41) is 8.53. The van der Waals surface area contributed by atoms with Crippen LogP contribution in [0.2, 0.25) is 0 Å². The Bertz CT molecular complexity index is 1240. The summed E-state index contributed by atoms with van der Waals surface area (Å²) in [4.78, 5) is 17.9. The van der Waals surface area contributed by atoms with Crippen LogP contribution < -0.4 is 10.2 Å². The van der Waals surface area contributed by atoms with Crippen LogP contribution in [0.4, 0.5) is 10.1 Å². The van der Waals surface area contributed by atoms with E-state index < -0.39 is 0 Å². The first-order valence-electron chi connectivity index (χ1n) is 15.1. The second-order valence-electron chi connectivity index (χ2n) is 11.9. The molecule has 0 atom stereocenters. The number of fused-ring (bicyclic) bond motifs is 1. The monoisotopic (exact) mass is 532 g/mol. The van der Waals surface area contributed by atoms with E-state index in [4.69, 9.17) is 4.52 Å². The number of carbonyl (C=O) groups excluding carboxylic acids is 1. The van der Waals surface area contributed by atoms with Gasteiger partial charge in [0.15, 0.2) is 5.58 Å². The minimum absolute atomic E-state index is 0.0662. The van der Waals surface area contributed by atoms with Crippen LogP contribution in [0.5, 0.6) is 0 Å². The van der Waals surface area contributed by atoms with Crippen molar-refractivity contribution in [1.82, 2.24) is 15.4 Å². The van der Waals surface area contributed by atoms with Crippen LogP contribution in [0.3, 0.4) is 0 Å². The molecule has 2 saturated heterocycles. The third-order valence-corrected chi connectivity index (χ3v) is 9.32. The second kappa shape index (κ2) is 12.1. The summed E-state index contributed by atoms with van der Waals surface area (Å²) in [5.74, 6) is 0.910. The fourth-order valence-corrected chi connectivity index (χ4v) is 6.86. The fraction of sp³-hybridized carbons (Fsp3) is 0.562. The van der Waals surface area contributed by atoms with Gasteiger partial charge >= 0.3 is 0 Å². The number of hydrogen-bond donors (Lipinski definition) is 1. The Morgan fingerprint density at radius 2 is 1.67 bits per heavy atom. The van der Waals surface area contributed by atoms with E-state index in [1.807, 2.05) is 12.1 Å². The van der Waals surface area contributed by atoms with E-state index >= 15 is 0 Å². The Morgan fingerprint density at radius 3 is 2.41 bits per heavy atom. The summed E-state index contributed by atoms with van der Waals surface area (Å²) in [7, 11) is 0. The Kier molecular flexibility index (Phi) is 8.14. The summed E-state index contributed by atoms with van der Waals surface area (Å²) >= 11 is 0. The Morgan fingerprint density at radius 1 is 0.923 bits per heavy atom. The second-order valence-corrected chi connectivity index (χ2v) is 11.9. The molecule has 0 unspecified atom stereocenters. The van der Waals surface area contributed by atoms with Crippen LogP contribution >= 0.6 is 0 Å². The van der Waals surface area contributed by atoms with Gasteiger partial charge in [-0.15, -0.1) is 0 Å². The lowest BCUT2D eigenvalue weighted by atomic mass is 9.83. The van der Waals surface area contributed by atoms with Crippen LogP contribution in [-0.2, 0) is 0 Å². The average Bonchev–Trinajstić information content (AvgIpc) is 3.40. The van der Waals surface area contributed by atoms with Crippen molar-refractivity contribution in [2.75, 3.05) is 37.6 Å². The number of carbonyl (C=O) groups is 1. The standard InChI is InChI=1S/C32H41FN4O2/c33-26-8-13-29-30(22-26)39-35-31(29)24-15-20-36(21-16-24)19-14-23-4-9-27(10-5-23)34-32(38)25-6-11-28(12-7-25)37-17-2-1-3-18-37/h6-8,11-13,22-24,27H,1-5,9-10,14-21H2,(H,34,38). The summed E-state index contributed by atoms with van der Waals surface area (Å²) < 4.78 is 18.9. The molecule has 2 aliphatic heterocycles. The quantitative estimate of drug-likeness (QED) is 0.376. The van der Waals surface area contributed by atoms with Gasteiger partial charge in [0.1, 0.15) is 5.82 Å². The van der Waals surface area contributed by atoms with Crippen LogP contribution in [0, 0.1) is 11.7 Å². The smallest absolute Gasteiger partial charge is 0.251 e. The van der Waals surface area contributed by atoms with Gasteiger partial charge in [0.2, 0.25) is 0 Å². The van der Waals surface area contributed by atoms with Gasteiger partial charge in [0, 0.05) is 47.8 Å². The minimum Gasteiger partial charge on any atom is -0.372 e. The van der Waals surface area contributed by atoms with Gasteiger partial charge in [-0.2, -0.15) is 0 Å². The third kappa shape index (κ3) is 6.29. The number of benzene rings is 2. The molecule has 1 aromatic heterocycles. The maximum absolute atomic E-state index is 13.5. The van der Waals surface area contributed by atoms with Gasteiger partial charge in [0.25, 0.3) is 5.91 Å². The van der Waals surface area contributed by atoms with Gasteiger partial charge in [-0.3, -0.25) is 4.79 Å². The lowest BCUT2D eigenvalue weighted by Gasteiger charge is -2.34. The van der Waals surface area contributed by atoms with Crippen molar-refractivity contribution in [1.29, 1.82) is 0 Å². The maximum Gasteiger partial charge on any atom is 0.251 e. The molecule has 3 aromatic rings. The van der Waals surface area contributed by atoms with Crippen LogP contribution in [0.25, 0.3) is 11.0 Å². The zero-order valence-corrected chi connectivity index (χ0v) is 22.9. The maximum atomic E-state index is 13.5. The highest BCUT2D eigenvalue weighted by Crippen LogP contribution is 2.34. The van der Waals surface area contributed by atoms with Gasteiger partial charge in [0.05, 0.1) is 5.69 Å². The van der Waals surface area contributed by atoms with Crippen molar-refractivity contribution in [2.45, 2.75) is 76.2 Å². The van der Waals surface area contributed by atoms with Crippen molar-refractivity contribution >= 4 is 22.6 Å². The number of rotatable bonds is 7. The molecule has 6 rings (SSSR count). The number of aromatic nitrogens is 1. The van der Waals surface area contributed by atoms with E-state index in [0.717, 1.165) is 81.0 Å². The number of nitrogens with one attached hydrogen (secondary N) is 1. The molecule has 2 aromatic carbocycles. The number of halogens is 1. The molecule has 6 nitrogen and oxygen atoms in total. The molecule has 3 heterocycles. The number of amides is 1. The number of piperidine rings is 2. The molecule has 208 valence electrons. The van der Waals surface area contributed by atoms with E-state index in [2.05, 4.69) is 32.4 Å². The van der Waals surface area contributed by atoms with Gasteiger partial charge < -0.3 is 19.6 Å². The molecule has 3 aliphatic rings. The molecule has 0 spiro atoms. The average molecular weight is 533 g/mol. The Hall–Kier alpha value is -2.93. The Balaban J connectivity index is 0.903. The lowest BCUT2D eigenvalue weighted by molar-refractivity contribution is 0.0919. The molecule has 39 heavy (non-hydrogen) atoms. The highest BCUT2D eigenvalue weighted by molar-refractivity contribution is 5.94. The van der Waals surface area contributed by atoms with Gasteiger partial charge in [-0.05, 0) is 126 Å². The molecule has 3 fully saturated rings. The van der Waals surface area contributed by atoms with Crippen molar-refractivity contribution < 1.29 is 13.7 Å². The van der Waals surface area contributed by atoms with Crippen molar-refractivity contribution in [3.63, 3.8) is 0 Å². The molecular formula is C32H41FN4O2. The first-order chi connectivity index (χ1) is 19.1. The number of hydrogen-bond acceptors (Lipinski definition) is 5. The van der Waals surface area contributed by atoms with Crippen LogP contribution in [0.1, 0.15) is 86.2 Å². The van der Waals surface area contributed by atoms with E-state index in [1.54, 1.807) is 6.07 Å². The lowest BCUT2D eigenvalue weighted by Crippen LogP contribution is -2.38. The highest BCUT2D eigenvalue weighted by atomic mass is 19.1. The van der Waals surface area contributed by atoms with Crippen LogP contribution in [-0.4, -0.2) is 54.7 Å². The topological polar surface area (TPSA) is 61.6 Å². The number of anilines is 1. The predicted molar refractivity (Wildman–Crippen MR) is 153 cm³/mol. The van der Waals surface area contributed by atoms with Crippen molar-refractivity contribution in [3.05, 3.63) is 59.5 Å². The molecule has 1 saturated carbocycles. The summed E-state index contributed by atoms with van der Waals surface area (Å²) in [6.45, 7) is 5.53. The summed E-state index contributed by atoms with van der Waals surface area (Å²) in [5.41, 5.74) is 3.54. The van der Waals surface area contributed by atoms with E-state index in [9.17, 15) is 9.18 Å². The first-order valence-corrected chi connectivity index (χ1v) is 15.1. The summed E-state index contributed by atoms with van der Waals surface area (Å²) in [6.07, 6.45) is 11.7. The molecule has 1 aliphatic carbocycles. The van der Waals surface area contributed by atoms with Crippen molar-refractivity contribution in [2.24, 2.45) is 5.92 Å². The fourth-order valence-electron chi connectivity index (χ4n) is 6.86. The van der Waals surface area contributed by atoms with Crippen molar-refractivity contribution in [3.8, 4) is 0 Å². The molecule has 1 N–H and O–H groups in total. The van der Waals surface area contributed by atoms with Crippen LogP contribution in [0.15, 0.2) is 47.0 Å². The predicted octanol–water partition coefficient (Wildman–Crippen LogP) is 6.52. The Labute approximate surface area is 230 Å². The molecular weight excluding hydrogens is 491 g/mol. The first kappa shape index (κ1) is 26.3. The minimum atomic E-state index is -0.283. The van der Waals surface area contributed by atoms with Gasteiger partial charge in [-0.1, -0.05) is 5.16 Å². The molecule has 0 bridgehead atoms. The largest absolute Gasteiger partial charge is 0.372 e. The normalized spacial score (nSPS) is 23.3. The molecule has 7 heteroatoms. The third-order valence-electron chi connectivity index (χ3n) is 9.32. The van der Waals surface area contributed by atoms with E-state index in [1.165, 1.54) is 56.3 Å². The SMILES string of the molecule is O=C(NC1CCC(CCN2CCC(c3noc4cc(F)ccc34)CC2)CC1)c1ccc(N2CCCCC2)cc1.